The number of rotatable bonds is 3. The number of ether oxygens (including phenoxy) is 1. The van der Waals surface area contributed by atoms with Gasteiger partial charge in [0.25, 0.3) is 0 Å². The number of aromatic hydroxyl groups is 1. The Kier molecular flexibility index (Phi) is 3.77. The molecule has 2 heterocycles. The molecule has 0 atom stereocenters. The molecule has 2 aliphatic heterocycles. The zero-order valence-corrected chi connectivity index (χ0v) is 12.6. The predicted octanol–water partition coefficient (Wildman–Crippen LogP) is 3.60. The van der Waals surface area contributed by atoms with E-state index in [-0.39, 0.29) is 11.4 Å². The summed E-state index contributed by atoms with van der Waals surface area (Å²) in [4.78, 5) is 2.49. The Morgan fingerprint density at radius 1 is 1.38 bits per heavy atom. The van der Waals surface area contributed by atoms with Gasteiger partial charge in [0.15, 0.2) is 0 Å². The highest BCUT2D eigenvalue weighted by molar-refractivity contribution is 5.67. The highest BCUT2D eigenvalue weighted by Gasteiger charge is 2.41. The molecule has 3 rings (SSSR count). The third-order valence-corrected chi connectivity index (χ3v) is 4.56. The van der Waals surface area contributed by atoms with E-state index in [1.54, 1.807) is 12.1 Å². The minimum Gasteiger partial charge on any atom is -0.508 e. The number of phenolic OH excluding ortho intramolecular Hbond substituents is 1. The predicted molar refractivity (Wildman–Crippen MR) is 85.6 cm³/mol. The van der Waals surface area contributed by atoms with Crippen LogP contribution in [0.3, 0.4) is 0 Å². The van der Waals surface area contributed by atoms with Crippen molar-refractivity contribution in [3.8, 4) is 11.5 Å². The quantitative estimate of drug-likeness (QED) is 0.921. The molecule has 0 radical (unpaired) electrons. The Balaban J connectivity index is 1.88. The first-order valence-electron chi connectivity index (χ1n) is 7.76. The molecule has 0 amide bonds. The fourth-order valence-corrected chi connectivity index (χ4v) is 3.39. The van der Waals surface area contributed by atoms with Gasteiger partial charge in [-0.2, -0.15) is 0 Å². The summed E-state index contributed by atoms with van der Waals surface area (Å²) < 4.78 is 6.34. The molecule has 2 aliphatic rings. The Labute approximate surface area is 126 Å². The average molecular weight is 285 g/mol. The maximum atomic E-state index is 9.68. The lowest BCUT2D eigenvalue weighted by molar-refractivity contribution is 0.0319. The number of piperidine rings is 1. The zero-order chi connectivity index (χ0) is 14.9. The van der Waals surface area contributed by atoms with Gasteiger partial charge in [-0.15, -0.1) is 0 Å². The van der Waals surface area contributed by atoms with Crippen LogP contribution in [0.1, 0.15) is 31.7 Å². The van der Waals surface area contributed by atoms with Crippen LogP contribution in [0, 0.1) is 0 Å². The average Bonchev–Trinajstić information content (AvgIpc) is 2.49. The van der Waals surface area contributed by atoms with E-state index in [1.807, 2.05) is 12.1 Å². The van der Waals surface area contributed by atoms with Gasteiger partial charge in [0.2, 0.25) is 0 Å². The molecule has 1 fully saturated rings. The van der Waals surface area contributed by atoms with Crippen molar-refractivity contribution in [3.05, 3.63) is 42.0 Å². The zero-order valence-electron chi connectivity index (χ0n) is 12.6. The number of phenols is 1. The second-order valence-corrected chi connectivity index (χ2v) is 5.96. The summed E-state index contributed by atoms with van der Waals surface area (Å²) in [5.74, 6) is 1.03. The number of fused-ring (bicyclic) bond motifs is 1. The first-order chi connectivity index (χ1) is 10.2. The van der Waals surface area contributed by atoms with E-state index < -0.39 is 0 Å². The Bertz CT molecular complexity index is 569. The summed E-state index contributed by atoms with van der Waals surface area (Å²) in [6, 6.07) is 5.31. The Hall–Kier alpha value is -1.74. The van der Waals surface area contributed by atoms with Crippen LogP contribution in [0.5, 0.6) is 11.5 Å². The third-order valence-electron chi connectivity index (χ3n) is 4.56. The van der Waals surface area contributed by atoms with Crippen molar-refractivity contribution in [1.29, 1.82) is 0 Å². The number of nitrogens with zero attached hydrogens (tertiary/aromatic N) is 1. The topological polar surface area (TPSA) is 32.7 Å². The summed E-state index contributed by atoms with van der Waals surface area (Å²) in [5.41, 5.74) is 1.91. The number of benzene rings is 1. The van der Waals surface area contributed by atoms with Crippen LogP contribution in [0.25, 0.3) is 6.08 Å². The van der Waals surface area contributed by atoms with E-state index in [0.717, 1.165) is 49.4 Å². The van der Waals surface area contributed by atoms with Gasteiger partial charge < -0.3 is 14.7 Å². The highest BCUT2D eigenvalue weighted by Crippen LogP contribution is 2.43. The van der Waals surface area contributed by atoms with Gasteiger partial charge in [-0.25, -0.2) is 0 Å². The second-order valence-electron chi connectivity index (χ2n) is 5.96. The van der Waals surface area contributed by atoms with E-state index in [4.69, 9.17) is 4.74 Å². The van der Waals surface area contributed by atoms with Crippen LogP contribution in [0.15, 0.2) is 36.4 Å². The molecule has 112 valence electrons. The highest BCUT2D eigenvalue weighted by atomic mass is 16.5. The summed E-state index contributed by atoms with van der Waals surface area (Å²) in [6.45, 7) is 9.44. The third kappa shape index (κ3) is 2.58. The lowest BCUT2D eigenvalue weighted by Crippen LogP contribution is -2.50. The first-order valence-corrected chi connectivity index (χ1v) is 7.76. The number of hydrogen-bond acceptors (Lipinski definition) is 3. The van der Waals surface area contributed by atoms with Gasteiger partial charge in [0.1, 0.15) is 17.1 Å². The van der Waals surface area contributed by atoms with Gasteiger partial charge in [0.05, 0.1) is 0 Å². The lowest BCUT2D eigenvalue weighted by atomic mass is 9.81. The van der Waals surface area contributed by atoms with E-state index in [1.165, 1.54) is 6.42 Å². The molecule has 0 aliphatic carbocycles. The van der Waals surface area contributed by atoms with Crippen molar-refractivity contribution >= 4 is 6.08 Å². The van der Waals surface area contributed by atoms with Crippen LogP contribution >= 0.6 is 0 Å². The fourth-order valence-electron chi connectivity index (χ4n) is 3.39. The van der Waals surface area contributed by atoms with Crippen molar-refractivity contribution in [2.45, 2.75) is 31.8 Å². The van der Waals surface area contributed by atoms with E-state index in [0.29, 0.717) is 0 Å². The van der Waals surface area contributed by atoms with Gasteiger partial charge in [-0.3, -0.25) is 0 Å². The number of hydrogen-bond donors (Lipinski definition) is 1. The van der Waals surface area contributed by atoms with Crippen molar-refractivity contribution in [2.24, 2.45) is 0 Å². The maximum Gasteiger partial charge on any atom is 0.136 e. The van der Waals surface area contributed by atoms with Gasteiger partial charge in [-0.05, 0) is 36.7 Å². The second kappa shape index (κ2) is 5.57. The summed E-state index contributed by atoms with van der Waals surface area (Å²) in [7, 11) is 0. The molecule has 1 spiro atoms. The van der Waals surface area contributed by atoms with Gasteiger partial charge in [-0.1, -0.05) is 19.6 Å². The molecule has 21 heavy (non-hydrogen) atoms. The normalized spacial score (nSPS) is 20.5. The molecular weight excluding hydrogens is 262 g/mol. The summed E-state index contributed by atoms with van der Waals surface area (Å²) in [5, 5.41) is 9.68. The van der Waals surface area contributed by atoms with Crippen LogP contribution in [0.4, 0.5) is 0 Å². The van der Waals surface area contributed by atoms with Crippen LogP contribution in [-0.4, -0.2) is 35.2 Å². The van der Waals surface area contributed by atoms with Crippen molar-refractivity contribution in [2.75, 3.05) is 19.6 Å². The molecular formula is C18H23NO2. The Morgan fingerprint density at radius 3 is 2.81 bits per heavy atom. The molecule has 0 unspecified atom stereocenters. The molecule has 0 saturated carbocycles. The molecule has 0 aromatic heterocycles. The number of likely N-dealkylation sites (tertiary alicyclic amines) is 1. The van der Waals surface area contributed by atoms with Crippen LogP contribution in [0.2, 0.25) is 0 Å². The smallest absolute Gasteiger partial charge is 0.136 e. The maximum absolute atomic E-state index is 9.68. The van der Waals surface area contributed by atoms with E-state index >= 15 is 0 Å². The molecule has 1 N–H and O–H groups in total. The minimum atomic E-state index is -0.271. The lowest BCUT2D eigenvalue weighted by Gasteiger charge is -2.44. The molecule has 3 heteroatoms. The van der Waals surface area contributed by atoms with Crippen molar-refractivity contribution in [1.82, 2.24) is 4.90 Å². The summed E-state index contributed by atoms with van der Waals surface area (Å²) in [6.07, 6.45) is 7.21. The largest absolute Gasteiger partial charge is 0.508 e. The van der Waals surface area contributed by atoms with Crippen molar-refractivity contribution < 1.29 is 9.84 Å². The Morgan fingerprint density at radius 2 is 2.14 bits per heavy atom. The standard InChI is InChI=1S/C18H23NO2/c1-3-9-19-10-7-18(8-11-19)15(4-2)12-14-5-6-16(20)13-17(14)21-18/h4-6,12-13,20H,2-3,7-11H2,1H3. The molecule has 1 aromatic carbocycles. The van der Waals surface area contributed by atoms with Crippen LogP contribution in [-0.2, 0) is 0 Å². The molecule has 1 saturated heterocycles. The van der Waals surface area contributed by atoms with E-state index in [9.17, 15) is 5.11 Å². The molecule has 0 bridgehead atoms. The molecule has 1 aromatic rings. The first kappa shape index (κ1) is 14.2. The SMILES string of the molecule is C=CC1=Cc2ccc(O)cc2OC12CCN(CCC)CC2. The fraction of sp³-hybridized carbons (Fsp3) is 0.444. The van der Waals surface area contributed by atoms with Gasteiger partial charge >= 0.3 is 0 Å². The molecule has 3 nitrogen and oxygen atoms in total. The van der Waals surface area contributed by atoms with Gasteiger partial charge in [0, 0.05) is 37.6 Å². The minimum absolute atomic E-state index is 0.253. The monoisotopic (exact) mass is 285 g/mol. The van der Waals surface area contributed by atoms with Crippen LogP contribution < -0.4 is 4.74 Å². The van der Waals surface area contributed by atoms with Crippen molar-refractivity contribution in [3.63, 3.8) is 0 Å². The summed E-state index contributed by atoms with van der Waals surface area (Å²) >= 11 is 0. The van der Waals surface area contributed by atoms with E-state index in [2.05, 4.69) is 24.5 Å².